The van der Waals surface area contributed by atoms with E-state index in [1.807, 2.05) is 6.92 Å². The first kappa shape index (κ1) is 10.9. The maximum Gasteiger partial charge on any atom is 0.287 e. The summed E-state index contributed by atoms with van der Waals surface area (Å²) in [6.07, 6.45) is 2.50. The van der Waals surface area contributed by atoms with Crippen LogP contribution in [0.25, 0.3) is 0 Å². The van der Waals surface area contributed by atoms with Gasteiger partial charge in [-0.1, -0.05) is 6.92 Å². The Hall–Kier alpha value is -1.65. The van der Waals surface area contributed by atoms with Gasteiger partial charge < -0.3 is 4.90 Å². The molecule has 0 radical (unpaired) electrons. The summed E-state index contributed by atoms with van der Waals surface area (Å²) in [4.78, 5) is 16.6. The summed E-state index contributed by atoms with van der Waals surface area (Å²) in [6, 6.07) is 1.59. The van der Waals surface area contributed by atoms with Crippen LogP contribution in [0, 0.1) is 23.0 Å². The van der Waals surface area contributed by atoms with Gasteiger partial charge in [-0.15, -0.1) is 0 Å². The number of anilines is 1. The van der Waals surface area contributed by atoms with E-state index in [1.165, 1.54) is 6.20 Å². The van der Waals surface area contributed by atoms with Gasteiger partial charge in [0.15, 0.2) is 0 Å². The number of nitrogens with zero attached hydrogens (tertiary/aromatic N) is 3. The normalized spacial score (nSPS) is 20.1. The highest BCUT2D eigenvalue weighted by Crippen LogP contribution is 2.26. The zero-order chi connectivity index (χ0) is 11.7. The first-order valence-corrected chi connectivity index (χ1v) is 5.44. The fourth-order valence-electron chi connectivity index (χ4n) is 2.11. The van der Waals surface area contributed by atoms with Gasteiger partial charge in [-0.2, -0.15) is 0 Å². The highest BCUT2D eigenvalue weighted by molar-refractivity contribution is 5.51. The van der Waals surface area contributed by atoms with Crippen LogP contribution in [0.3, 0.4) is 0 Å². The van der Waals surface area contributed by atoms with Crippen molar-refractivity contribution in [2.75, 3.05) is 18.0 Å². The zero-order valence-electron chi connectivity index (χ0n) is 9.51. The van der Waals surface area contributed by atoms with Crippen LogP contribution in [-0.4, -0.2) is 23.0 Å². The zero-order valence-corrected chi connectivity index (χ0v) is 9.51. The minimum absolute atomic E-state index is 0.0634. The van der Waals surface area contributed by atoms with Crippen molar-refractivity contribution in [2.24, 2.45) is 5.92 Å². The lowest BCUT2D eigenvalue weighted by Gasteiger charge is -2.18. The summed E-state index contributed by atoms with van der Waals surface area (Å²) >= 11 is 0. The monoisotopic (exact) mass is 221 g/mol. The Morgan fingerprint density at radius 3 is 2.88 bits per heavy atom. The van der Waals surface area contributed by atoms with E-state index in [0.717, 1.165) is 30.9 Å². The number of rotatable bonds is 2. The first-order valence-electron chi connectivity index (χ1n) is 5.44. The van der Waals surface area contributed by atoms with E-state index < -0.39 is 4.92 Å². The lowest BCUT2D eigenvalue weighted by molar-refractivity contribution is -0.385. The van der Waals surface area contributed by atoms with Crippen LogP contribution in [-0.2, 0) is 0 Å². The van der Waals surface area contributed by atoms with Crippen LogP contribution in [0.15, 0.2) is 12.3 Å². The number of pyridine rings is 1. The fraction of sp³-hybridized carbons (Fsp3) is 0.545. The van der Waals surface area contributed by atoms with E-state index in [0.29, 0.717) is 5.92 Å². The summed E-state index contributed by atoms with van der Waals surface area (Å²) in [5.74, 6) is 1.56. The number of nitro groups is 1. The first-order chi connectivity index (χ1) is 7.58. The topological polar surface area (TPSA) is 59.3 Å². The molecule has 1 atom stereocenters. The predicted molar refractivity (Wildman–Crippen MR) is 61.6 cm³/mol. The molecule has 1 aliphatic heterocycles. The van der Waals surface area contributed by atoms with Gasteiger partial charge in [-0.3, -0.25) is 10.1 Å². The van der Waals surface area contributed by atoms with Crippen molar-refractivity contribution in [1.82, 2.24) is 4.98 Å². The molecule has 5 nitrogen and oxygen atoms in total. The SMILES string of the molecule is Cc1cc([N+](=O)[O-])cnc1N1CCC(C)C1. The highest BCUT2D eigenvalue weighted by Gasteiger charge is 2.22. The molecule has 0 aliphatic carbocycles. The average Bonchev–Trinajstić information content (AvgIpc) is 2.64. The molecule has 1 aromatic heterocycles. The molecule has 1 unspecified atom stereocenters. The van der Waals surface area contributed by atoms with E-state index in [2.05, 4.69) is 16.8 Å². The molecule has 86 valence electrons. The quantitative estimate of drug-likeness (QED) is 0.567. The smallest absolute Gasteiger partial charge is 0.287 e. The number of hydrogen-bond acceptors (Lipinski definition) is 4. The summed E-state index contributed by atoms with van der Waals surface area (Å²) in [5, 5.41) is 10.6. The Morgan fingerprint density at radius 2 is 2.38 bits per heavy atom. The molecular weight excluding hydrogens is 206 g/mol. The van der Waals surface area contributed by atoms with Crippen molar-refractivity contribution in [3.63, 3.8) is 0 Å². The fourth-order valence-corrected chi connectivity index (χ4v) is 2.11. The lowest BCUT2D eigenvalue weighted by atomic mass is 10.2. The standard InChI is InChI=1S/C11H15N3O2/c1-8-3-4-13(7-8)11-9(2)5-10(6-12-11)14(15)16/h5-6,8H,3-4,7H2,1-2H3. The molecule has 1 aliphatic rings. The third kappa shape index (κ3) is 1.98. The Balaban J connectivity index is 2.26. The molecule has 2 rings (SSSR count). The molecule has 5 heteroatoms. The van der Waals surface area contributed by atoms with Gasteiger partial charge in [0.1, 0.15) is 12.0 Å². The molecule has 0 spiro atoms. The minimum atomic E-state index is -0.406. The van der Waals surface area contributed by atoms with E-state index in [9.17, 15) is 10.1 Å². The van der Waals surface area contributed by atoms with Crippen LogP contribution in [0.5, 0.6) is 0 Å². The summed E-state index contributed by atoms with van der Waals surface area (Å²) in [6.45, 7) is 6.07. The van der Waals surface area contributed by atoms with Gasteiger partial charge in [0, 0.05) is 19.2 Å². The summed E-state index contributed by atoms with van der Waals surface area (Å²) < 4.78 is 0. The number of aromatic nitrogens is 1. The molecule has 0 bridgehead atoms. The van der Waals surface area contributed by atoms with Crippen LogP contribution in [0.2, 0.25) is 0 Å². The third-order valence-corrected chi connectivity index (χ3v) is 2.97. The van der Waals surface area contributed by atoms with Gasteiger partial charge in [0.05, 0.1) is 4.92 Å². The molecule has 0 amide bonds. The second-order valence-electron chi connectivity index (χ2n) is 4.43. The Labute approximate surface area is 94.2 Å². The Bertz CT molecular complexity index is 420. The van der Waals surface area contributed by atoms with E-state index in [-0.39, 0.29) is 5.69 Å². The second kappa shape index (κ2) is 4.08. The Kier molecular flexibility index (Phi) is 2.77. The molecule has 2 heterocycles. The molecule has 0 aromatic carbocycles. The lowest BCUT2D eigenvalue weighted by Crippen LogP contribution is -2.21. The summed E-state index contributed by atoms with van der Waals surface area (Å²) in [7, 11) is 0. The maximum absolute atomic E-state index is 10.6. The van der Waals surface area contributed by atoms with Gasteiger partial charge in [0.2, 0.25) is 0 Å². The molecular formula is C11H15N3O2. The van der Waals surface area contributed by atoms with Crippen LogP contribution in [0.4, 0.5) is 11.5 Å². The van der Waals surface area contributed by atoms with Crippen molar-refractivity contribution >= 4 is 11.5 Å². The van der Waals surface area contributed by atoms with Crippen molar-refractivity contribution < 1.29 is 4.92 Å². The second-order valence-corrected chi connectivity index (χ2v) is 4.43. The molecule has 16 heavy (non-hydrogen) atoms. The van der Waals surface area contributed by atoms with E-state index in [1.54, 1.807) is 6.07 Å². The summed E-state index contributed by atoms with van der Waals surface area (Å²) in [5.41, 5.74) is 0.941. The van der Waals surface area contributed by atoms with Crippen molar-refractivity contribution in [3.8, 4) is 0 Å². The maximum atomic E-state index is 10.6. The third-order valence-electron chi connectivity index (χ3n) is 2.97. The van der Waals surface area contributed by atoms with Gasteiger partial charge >= 0.3 is 0 Å². The van der Waals surface area contributed by atoms with E-state index >= 15 is 0 Å². The minimum Gasteiger partial charge on any atom is -0.356 e. The van der Waals surface area contributed by atoms with Crippen LogP contribution >= 0.6 is 0 Å². The van der Waals surface area contributed by atoms with Crippen molar-refractivity contribution in [3.05, 3.63) is 27.9 Å². The van der Waals surface area contributed by atoms with Crippen LogP contribution < -0.4 is 4.90 Å². The molecule has 1 aromatic rings. The molecule has 0 saturated carbocycles. The van der Waals surface area contributed by atoms with Gasteiger partial charge in [-0.25, -0.2) is 4.98 Å². The van der Waals surface area contributed by atoms with Gasteiger partial charge in [0.25, 0.3) is 5.69 Å². The highest BCUT2D eigenvalue weighted by atomic mass is 16.6. The molecule has 0 N–H and O–H groups in total. The van der Waals surface area contributed by atoms with Gasteiger partial charge in [-0.05, 0) is 24.8 Å². The number of aryl methyl sites for hydroxylation is 1. The van der Waals surface area contributed by atoms with Crippen molar-refractivity contribution in [2.45, 2.75) is 20.3 Å². The van der Waals surface area contributed by atoms with E-state index in [4.69, 9.17) is 0 Å². The predicted octanol–water partition coefficient (Wildman–Crippen LogP) is 2.14. The number of hydrogen-bond donors (Lipinski definition) is 0. The molecule has 1 saturated heterocycles. The van der Waals surface area contributed by atoms with Crippen molar-refractivity contribution in [1.29, 1.82) is 0 Å². The Morgan fingerprint density at radius 1 is 1.62 bits per heavy atom. The van der Waals surface area contributed by atoms with Crippen LogP contribution in [0.1, 0.15) is 18.9 Å². The average molecular weight is 221 g/mol. The largest absolute Gasteiger partial charge is 0.356 e. The molecule has 1 fully saturated rings.